The molecule has 0 saturated heterocycles. The maximum Gasteiger partial charge on any atom is 0.425 e. The molecule has 0 spiro atoms. The van der Waals surface area contributed by atoms with E-state index >= 15 is 0 Å². The lowest BCUT2D eigenvalue weighted by Crippen LogP contribution is -2.51. The number of alkyl carbamates (subject to hydrolysis) is 1. The number of amides is 2. The molecule has 0 aromatic rings. The van der Waals surface area contributed by atoms with E-state index in [1.807, 2.05) is 39.6 Å². The van der Waals surface area contributed by atoms with Crippen molar-refractivity contribution in [2.75, 3.05) is 26.2 Å². The molecule has 7 heteroatoms. The monoisotopic (exact) mass is 331 g/mol. The number of ether oxygens (including phenoxy) is 2. The Morgan fingerprint density at radius 1 is 0.913 bits per heavy atom. The maximum atomic E-state index is 12.3. The summed E-state index contributed by atoms with van der Waals surface area (Å²) in [4.78, 5) is 24.0. The van der Waals surface area contributed by atoms with Crippen molar-refractivity contribution < 1.29 is 19.1 Å². The third-order valence-corrected chi connectivity index (χ3v) is 2.67. The van der Waals surface area contributed by atoms with Gasteiger partial charge in [0.15, 0.2) is 0 Å². The van der Waals surface area contributed by atoms with Crippen LogP contribution >= 0.6 is 0 Å². The van der Waals surface area contributed by atoms with Crippen LogP contribution in [0.5, 0.6) is 0 Å². The van der Waals surface area contributed by atoms with E-state index < -0.39 is 23.4 Å². The second kappa shape index (κ2) is 8.96. The summed E-state index contributed by atoms with van der Waals surface area (Å²) in [5.74, 6) is 0. The van der Waals surface area contributed by atoms with Gasteiger partial charge in [-0.05, 0) is 41.5 Å². The summed E-state index contributed by atoms with van der Waals surface area (Å²) in [6.45, 7) is 16.7. The predicted octanol–water partition coefficient (Wildman–Crippen LogP) is 3.01. The zero-order valence-corrected chi connectivity index (χ0v) is 15.9. The van der Waals surface area contributed by atoms with Crippen LogP contribution in [0.25, 0.3) is 0 Å². The molecule has 0 atom stereocenters. The quantitative estimate of drug-likeness (QED) is 0.758. The van der Waals surface area contributed by atoms with Crippen molar-refractivity contribution >= 4 is 12.2 Å². The number of hydrogen-bond acceptors (Lipinski definition) is 5. The molecule has 0 aliphatic heterocycles. The number of nitrogens with zero attached hydrogens (tertiary/aromatic N) is 2. The van der Waals surface area contributed by atoms with Crippen molar-refractivity contribution in [3.63, 3.8) is 0 Å². The summed E-state index contributed by atoms with van der Waals surface area (Å²) in [5, 5.41) is 6.04. The summed E-state index contributed by atoms with van der Waals surface area (Å²) in [6.07, 6.45) is -0.923. The first-order chi connectivity index (χ1) is 10.4. The van der Waals surface area contributed by atoms with Crippen molar-refractivity contribution in [1.82, 2.24) is 15.3 Å². The highest BCUT2D eigenvalue weighted by molar-refractivity contribution is 5.69. The molecular formula is C16H33N3O4. The number of carbonyl (C=O) groups is 2. The minimum absolute atomic E-state index is 0.282. The number of hydrogen-bond donors (Lipinski definition) is 1. The van der Waals surface area contributed by atoms with Crippen LogP contribution in [0.3, 0.4) is 0 Å². The van der Waals surface area contributed by atoms with Gasteiger partial charge in [0.05, 0.1) is 6.54 Å². The van der Waals surface area contributed by atoms with Crippen LogP contribution in [0.4, 0.5) is 9.59 Å². The Morgan fingerprint density at radius 3 is 1.78 bits per heavy atom. The minimum atomic E-state index is -0.568. The molecular weight excluding hydrogens is 298 g/mol. The van der Waals surface area contributed by atoms with Crippen molar-refractivity contribution in [2.24, 2.45) is 0 Å². The Kier molecular flexibility index (Phi) is 8.37. The zero-order chi connectivity index (χ0) is 18.3. The molecule has 0 aromatic carbocycles. The molecule has 0 heterocycles. The van der Waals surface area contributed by atoms with E-state index in [-0.39, 0.29) is 6.54 Å². The molecule has 136 valence electrons. The van der Waals surface area contributed by atoms with E-state index in [1.165, 1.54) is 5.01 Å². The SMILES string of the molecule is CCN(CC)N(CCNC(=O)OC(C)(C)C)C(=O)OC(C)(C)C. The summed E-state index contributed by atoms with van der Waals surface area (Å²) >= 11 is 0. The average Bonchev–Trinajstić information content (AvgIpc) is 2.33. The Labute approximate surface area is 140 Å². The average molecular weight is 331 g/mol. The highest BCUT2D eigenvalue weighted by atomic mass is 16.6. The molecule has 0 saturated carbocycles. The second-order valence-electron chi connectivity index (χ2n) is 7.17. The molecule has 0 radical (unpaired) electrons. The largest absolute Gasteiger partial charge is 0.444 e. The van der Waals surface area contributed by atoms with Gasteiger partial charge < -0.3 is 14.8 Å². The molecule has 1 N–H and O–H groups in total. The molecule has 2 amide bonds. The molecule has 0 aromatic heterocycles. The molecule has 23 heavy (non-hydrogen) atoms. The Bertz CT molecular complexity index is 382. The fourth-order valence-corrected chi connectivity index (χ4v) is 1.81. The topological polar surface area (TPSA) is 71.1 Å². The van der Waals surface area contributed by atoms with Crippen LogP contribution in [0.15, 0.2) is 0 Å². The van der Waals surface area contributed by atoms with Crippen LogP contribution in [0.2, 0.25) is 0 Å². The first kappa shape index (κ1) is 21.5. The molecule has 7 nitrogen and oxygen atoms in total. The van der Waals surface area contributed by atoms with Gasteiger partial charge in [-0.15, -0.1) is 0 Å². The lowest BCUT2D eigenvalue weighted by molar-refractivity contribution is -0.0463. The van der Waals surface area contributed by atoms with E-state index in [1.54, 1.807) is 20.8 Å². The molecule has 0 rings (SSSR count). The van der Waals surface area contributed by atoms with Gasteiger partial charge >= 0.3 is 12.2 Å². The fourth-order valence-electron chi connectivity index (χ4n) is 1.81. The van der Waals surface area contributed by atoms with E-state index in [0.717, 1.165) is 0 Å². The maximum absolute atomic E-state index is 12.3. The van der Waals surface area contributed by atoms with Gasteiger partial charge in [-0.25, -0.2) is 19.6 Å². The molecule has 0 aliphatic carbocycles. The van der Waals surface area contributed by atoms with Gasteiger partial charge in [-0.3, -0.25) is 0 Å². The zero-order valence-electron chi connectivity index (χ0n) is 15.9. The minimum Gasteiger partial charge on any atom is -0.444 e. The van der Waals surface area contributed by atoms with Gasteiger partial charge in [0.2, 0.25) is 0 Å². The number of carbonyl (C=O) groups excluding carboxylic acids is 2. The molecule has 0 aliphatic rings. The molecule has 0 unspecified atom stereocenters. The Balaban J connectivity index is 4.66. The van der Waals surface area contributed by atoms with E-state index in [4.69, 9.17) is 9.47 Å². The third-order valence-electron chi connectivity index (χ3n) is 2.67. The van der Waals surface area contributed by atoms with Gasteiger partial charge in [0, 0.05) is 19.6 Å². The molecule has 0 bridgehead atoms. The van der Waals surface area contributed by atoms with Crippen LogP contribution in [-0.4, -0.2) is 59.6 Å². The number of rotatable bonds is 6. The lowest BCUT2D eigenvalue weighted by Gasteiger charge is -2.34. The van der Waals surface area contributed by atoms with Crippen LogP contribution in [-0.2, 0) is 9.47 Å². The summed E-state index contributed by atoms with van der Waals surface area (Å²) in [6, 6.07) is 0. The van der Waals surface area contributed by atoms with Gasteiger partial charge in [0.25, 0.3) is 0 Å². The predicted molar refractivity (Wildman–Crippen MR) is 90.1 cm³/mol. The second-order valence-corrected chi connectivity index (χ2v) is 7.17. The summed E-state index contributed by atoms with van der Waals surface area (Å²) in [5.41, 5.74) is -1.12. The third kappa shape index (κ3) is 9.99. The van der Waals surface area contributed by atoms with Crippen molar-refractivity contribution in [3.05, 3.63) is 0 Å². The fraction of sp³-hybridized carbons (Fsp3) is 0.875. The Morgan fingerprint density at radius 2 is 1.39 bits per heavy atom. The summed E-state index contributed by atoms with van der Waals surface area (Å²) < 4.78 is 10.6. The summed E-state index contributed by atoms with van der Waals surface area (Å²) in [7, 11) is 0. The Hall–Kier alpha value is -1.50. The van der Waals surface area contributed by atoms with E-state index in [0.29, 0.717) is 19.6 Å². The highest BCUT2D eigenvalue weighted by Crippen LogP contribution is 2.11. The standard InChI is InChI=1S/C16H33N3O4/c1-9-18(10-2)19(14(21)23-16(6,7)8)12-11-17-13(20)22-15(3,4)5/h9-12H2,1-8H3,(H,17,20). The van der Waals surface area contributed by atoms with Crippen molar-refractivity contribution in [2.45, 2.75) is 66.6 Å². The smallest absolute Gasteiger partial charge is 0.425 e. The van der Waals surface area contributed by atoms with Crippen LogP contribution in [0, 0.1) is 0 Å². The van der Waals surface area contributed by atoms with E-state index in [2.05, 4.69) is 5.32 Å². The lowest BCUT2D eigenvalue weighted by atomic mass is 10.2. The van der Waals surface area contributed by atoms with Gasteiger partial charge in [0.1, 0.15) is 11.2 Å². The normalized spacial score (nSPS) is 12.0. The molecule has 0 fully saturated rings. The number of hydrazine groups is 1. The highest BCUT2D eigenvalue weighted by Gasteiger charge is 2.25. The van der Waals surface area contributed by atoms with Crippen molar-refractivity contribution in [3.8, 4) is 0 Å². The van der Waals surface area contributed by atoms with Crippen molar-refractivity contribution in [1.29, 1.82) is 0 Å². The van der Waals surface area contributed by atoms with Gasteiger partial charge in [-0.2, -0.15) is 0 Å². The van der Waals surface area contributed by atoms with Crippen LogP contribution in [0.1, 0.15) is 55.4 Å². The first-order valence-corrected chi connectivity index (χ1v) is 8.11. The van der Waals surface area contributed by atoms with Crippen LogP contribution < -0.4 is 5.32 Å². The van der Waals surface area contributed by atoms with E-state index in [9.17, 15) is 9.59 Å². The van der Waals surface area contributed by atoms with Gasteiger partial charge in [-0.1, -0.05) is 13.8 Å². The number of nitrogens with one attached hydrogen (secondary N) is 1. The first-order valence-electron chi connectivity index (χ1n) is 8.11.